The van der Waals surface area contributed by atoms with Crippen LogP contribution in [-0.2, 0) is 48.7 Å². The molecule has 23 nitrogen and oxygen atoms in total. The Balaban J connectivity index is 0.000000157. The number of rotatable bonds is 20. The average Bonchev–Trinajstić information content (AvgIpc) is 1.47. The number of anilines is 2. The van der Waals surface area contributed by atoms with Gasteiger partial charge in [-0.3, -0.25) is 28.5 Å². The minimum Gasteiger partial charge on any atom is -0.322 e. The Kier molecular flexibility index (Phi) is 22.1. The molecule has 0 spiro atoms. The van der Waals surface area contributed by atoms with Gasteiger partial charge in [-0.25, -0.2) is 64.6 Å². The average molecular weight is 1350 g/mol. The highest BCUT2D eigenvalue weighted by Crippen LogP contribution is 2.28. The fourth-order valence-electron chi connectivity index (χ4n) is 10.6. The van der Waals surface area contributed by atoms with E-state index < -0.39 is 49.6 Å². The van der Waals surface area contributed by atoms with Crippen LogP contribution in [0.3, 0.4) is 0 Å². The third-order valence-corrected chi connectivity index (χ3v) is 19.4. The predicted molar refractivity (Wildman–Crippen MR) is 360 cm³/mol. The largest absolute Gasteiger partial charge is 0.322 e. The summed E-state index contributed by atoms with van der Waals surface area (Å²) in [6, 6.07) is 16.3. The van der Waals surface area contributed by atoms with Crippen LogP contribution in [0.5, 0.6) is 0 Å². The molecule has 8 heterocycles. The number of aryl methyl sites for hydroxylation is 3. The summed E-state index contributed by atoms with van der Waals surface area (Å²) in [6.45, 7) is 19.0. The number of sulfone groups is 1. The summed E-state index contributed by atoms with van der Waals surface area (Å²) in [5.74, 6) is -0.0660. The molecule has 3 aromatic carbocycles. The van der Waals surface area contributed by atoms with Crippen molar-refractivity contribution in [1.82, 2.24) is 74.2 Å². The number of sulfonamides is 1. The summed E-state index contributed by atoms with van der Waals surface area (Å²) in [5, 5.41) is 21.0. The van der Waals surface area contributed by atoms with Gasteiger partial charge >= 0.3 is 0 Å². The van der Waals surface area contributed by atoms with Gasteiger partial charge in [-0.05, 0) is 145 Å². The number of halogens is 3. The van der Waals surface area contributed by atoms with E-state index in [0.29, 0.717) is 65.8 Å². The van der Waals surface area contributed by atoms with Gasteiger partial charge in [0.1, 0.15) is 35.3 Å². The second-order valence-corrected chi connectivity index (χ2v) is 29.3. The van der Waals surface area contributed by atoms with Crippen LogP contribution in [0.2, 0.25) is 0 Å². The zero-order valence-corrected chi connectivity index (χ0v) is 56.8. The maximum absolute atomic E-state index is 14.7. The fraction of sp³-hybridized carbons (Fsp3) is 0.397. The van der Waals surface area contributed by atoms with Gasteiger partial charge in [0.15, 0.2) is 9.84 Å². The molecule has 4 N–H and O–H groups in total. The first kappa shape index (κ1) is 69.9. The van der Waals surface area contributed by atoms with E-state index in [0.717, 1.165) is 68.9 Å². The van der Waals surface area contributed by atoms with E-state index in [2.05, 4.69) is 102 Å². The maximum atomic E-state index is 14.7. The van der Waals surface area contributed by atoms with Crippen molar-refractivity contribution in [1.29, 1.82) is 0 Å². The zero-order valence-electron chi connectivity index (χ0n) is 55.1. The minimum absolute atomic E-state index is 0.0179. The Morgan fingerprint density at radius 1 is 0.604 bits per heavy atom. The molecule has 506 valence electrons. The van der Waals surface area contributed by atoms with Crippen molar-refractivity contribution in [3.8, 4) is 33.8 Å². The van der Waals surface area contributed by atoms with Gasteiger partial charge in [0.25, 0.3) is 0 Å². The number of hydrogen-bond acceptors (Lipinski definition) is 17. The minimum atomic E-state index is -3.43. The van der Waals surface area contributed by atoms with Crippen LogP contribution in [-0.4, -0.2) is 149 Å². The topological polar surface area (TPSA) is 285 Å². The number of benzene rings is 3. The summed E-state index contributed by atoms with van der Waals surface area (Å²) in [7, 11) is -6.45. The molecule has 2 aliphatic heterocycles. The molecule has 0 unspecified atom stereocenters. The number of alkyl halides is 1. The molecule has 1 saturated carbocycles. The van der Waals surface area contributed by atoms with Gasteiger partial charge in [-0.15, -0.1) is 0 Å². The van der Waals surface area contributed by atoms with E-state index in [1.807, 2.05) is 77.9 Å². The van der Waals surface area contributed by atoms with Crippen LogP contribution in [0.25, 0.3) is 33.8 Å². The van der Waals surface area contributed by atoms with Crippen LogP contribution in [0, 0.1) is 32.4 Å². The molecular weight excluding hydrogens is 1270 g/mol. The number of aromatic nitrogens is 12. The molecule has 0 bridgehead atoms. The lowest BCUT2D eigenvalue weighted by Crippen LogP contribution is -2.43. The maximum Gasteiger partial charge on any atom is 0.241 e. The number of carbonyl (C=O) groups excluding carboxylic acids is 2. The van der Waals surface area contributed by atoms with Crippen molar-refractivity contribution in [2.45, 2.75) is 142 Å². The lowest BCUT2D eigenvalue weighted by Gasteiger charge is -2.25. The molecular formula is C68H80F3N17O6S2. The molecule has 2 amide bonds. The van der Waals surface area contributed by atoms with Crippen molar-refractivity contribution < 1.29 is 39.6 Å². The molecule has 12 rings (SSSR count). The molecule has 3 aliphatic rings. The van der Waals surface area contributed by atoms with Gasteiger partial charge in [-0.1, -0.05) is 24.3 Å². The van der Waals surface area contributed by atoms with Gasteiger partial charge in [-0.2, -0.15) is 15.3 Å². The highest BCUT2D eigenvalue weighted by molar-refractivity contribution is 7.91. The molecule has 96 heavy (non-hydrogen) atoms. The Labute approximate surface area is 557 Å². The van der Waals surface area contributed by atoms with E-state index >= 15 is 0 Å². The van der Waals surface area contributed by atoms with Gasteiger partial charge in [0.05, 0.1) is 76.0 Å². The Morgan fingerprint density at radius 3 is 1.41 bits per heavy atom. The van der Waals surface area contributed by atoms with Crippen molar-refractivity contribution in [2.75, 3.05) is 48.3 Å². The normalized spacial score (nSPS) is 16.3. The molecule has 2 saturated heterocycles. The first-order valence-corrected chi connectivity index (χ1v) is 35.2. The molecule has 28 heteroatoms. The predicted octanol–water partition coefficient (Wildman–Crippen LogP) is 9.49. The number of amides is 2. The SMILES string of the molecule is Cc1cnc(Cc2ccc(NC(=O)CN3CCS(=O)(=O)CC3)c(F)c2)nc1-c1cnn(C(C)C)c1.Cc1cnc(Cc2ccc(NC(=O)[C@H]3C[C@H](F)CN3)c(F)c2)nc1-c1cnn(C(C)C)c1.Cc1cnc(Cc2ccc(S(=O)(=O)NC3CC3)cc2)nc1-c1cnn(C(C)C)c1. The number of nitrogens with one attached hydrogen (secondary N) is 4. The van der Waals surface area contributed by atoms with Crippen molar-refractivity contribution in [2.24, 2.45) is 0 Å². The van der Waals surface area contributed by atoms with Crippen LogP contribution >= 0.6 is 0 Å². The molecule has 1 aliphatic carbocycles. The highest BCUT2D eigenvalue weighted by atomic mass is 32.2. The Morgan fingerprint density at radius 2 is 1.02 bits per heavy atom. The van der Waals surface area contributed by atoms with E-state index in [1.165, 1.54) is 24.3 Å². The van der Waals surface area contributed by atoms with E-state index in [1.54, 1.807) is 54.0 Å². The number of hydrogen-bond donors (Lipinski definition) is 4. The molecule has 6 aromatic heterocycles. The van der Waals surface area contributed by atoms with Crippen molar-refractivity contribution in [3.05, 3.63) is 179 Å². The molecule has 2 atom stereocenters. The van der Waals surface area contributed by atoms with E-state index in [-0.39, 0.29) is 72.5 Å². The quantitative estimate of drug-likeness (QED) is 0.0552. The Hall–Kier alpha value is -8.96. The van der Waals surface area contributed by atoms with Gasteiger partial charge in [0, 0.05) is 123 Å². The standard InChI is InChI=1S/C24H29FN6O3S.C23H26F2N6O.C21H25N5O2S/c1-16(2)31-14-19(13-27-31)24-17(3)12-26-22(29-24)11-18-4-5-21(20(25)10-18)28-23(32)15-30-6-8-35(33,34)9-7-30;1-13(2)31-12-16(10-28-31)22-14(3)9-27-21(30-22)7-15-4-5-19(18(25)6-15)29-23(32)20-8-17(24)11-26-20;1-14(2)26-13-17(12-23-26)21-15(3)11-22-20(24-21)10-16-4-8-19(9-5-16)29(27,28)25-18-6-7-18/h4-5,10,12-14,16H,6-9,11,15H2,1-3H3,(H,28,32);4-6,9-10,12-13,17,20,26H,7-8,11H2,1-3H3,(H,29,32);4-5,8-9,11-14,18,25H,6-7,10H2,1-3H3/t;17-,20+;/m.0./s1. The fourth-order valence-corrected chi connectivity index (χ4v) is 13.2. The smallest absolute Gasteiger partial charge is 0.241 e. The second kappa shape index (κ2) is 30.4. The van der Waals surface area contributed by atoms with Crippen LogP contribution in [0.1, 0.15) is 130 Å². The number of nitrogens with zero attached hydrogens (tertiary/aromatic N) is 13. The lowest BCUT2D eigenvalue weighted by molar-refractivity contribution is -0.118. The Bertz CT molecular complexity index is 4470. The van der Waals surface area contributed by atoms with Gasteiger partial charge in [0.2, 0.25) is 21.8 Å². The van der Waals surface area contributed by atoms with Crippen molar-refractivity contribution >= 4 is 43.0 Å². The van der Waals surface area contributed by atoms with Gasteiger partial charge < -0.3 is 16.0 Å². The van der Waals surface area contributed by atoms with Crippen molar-refractivity contribution in [3.63, 3.8) is 0 Å². The lowest BCUT2D eigenvalue weighted by atomic mass is 10.1. The highest BCUT2D eigenvalue weighted by Gasteiger charge is 2.31. The third kappa shape index (κ3) is 18.5. The third-order valence-electron chi connectivity index (χ3n) is 16.3. The number of carbonyl (C=O) groups is 2. The van der Waals surface area contributed by atoms with Crippen LogP contribution < -0.4 is 20.7 Å². The molecule has 9 aromatic rings. The van der Waals surface area contributed by atoms with E-state index in [9.17, 15) is 39.6 Å². The molecule has 0 radical (unpaired) electrons. The van der Waals surface area contributed by atoms with E-state index in [4.69, 9.17) is 4.98 Å². The zero-order chi connectivity index (χ0) is 68.6. The monoisotopic (exact) mass is 1350 g/mol. The first-order chi connectivity index (χ1) is 45.7. The second-order valence-electron chi connectivity index (χ2n) is 25.3. The van der Waals surface area contributed by atoms with Crippen LogP contribution in [0.4, 0.5) is 24.5 Å². The first-order valence-electron chi connectivity index (χ1n) is 31.9. The summed E-state index contributed by atoms with van der Waals surface area (Å²) in [5.41, 5.74) is 10.5. The summed E-state index contributed by atoms with van der Waals surface area (Å²) in [6.07, 6.45) is 18.7. The van der Waals surface area contributed by atoms with Crippen LogP contribution in [0.15, 0.2) is 121 Å². The molecule has 3 fully saturated rings. The summed E-state index contributed by atoms with van der Waals surface area (Å²) in [4.78, 5) is 53.9. The summed E-state index contributed by atoms with van der Waals surface area (Å²) < 4.78 is 98.6. The summed E-state index contributed by atoms with van der Waals surface area (Å²) >= 11 is 0.